The highest BCUT2D eigenvalue weighted by atomic mass is 32.2. The van der Waals surface area contributed by atoms with Crippen LogP contribution in [-0.4, -0.2) is 30.7 Å². The first-order chi connectivity index (χ1) is 13.2. The number of hydrogen-bond acceptors (Lipinski definition) is 5. The molecule has 0 aliphatic rings. The van der Waals surface area contributed by atoms with Gasteiger partial charge < -0.3 is 9.52 Å². The molecular formula is C20H18FNO5S. The summed E-state index contributed by atoms with van der Waals surface area (Å²) >= 11 is 0. The molecule has 0 fully saturated rings. The molecule has 0 aliphatic carbocycles. The van der Waals surface area contributed by atoms with E-state index in [2.05, 4.69) is 4.98 Å². The van der Waals surface area contributed by atoms with Crippen molar-refractivity contribution in [1.29, 1.82) is 0 Å². The number of oxazole rings is 1. The van der Waals surface area contributed by atoms with Gasteiger partial charge in [0, 0.05) is 30.2 Å². The van der Waals surface area contributed by atoms with Gasteiger partial charge in [0.1, 0.15) is 11.5 Å². The highest BCUT2D eigenvalue weighted by molar-refractivity contribution is 7.90. The van der Waals surface area contributed by atoms with Crippen molar-refractivity contribution >= 4 is 15.8 Å². The summed E-state index contributed by atoms with van der Waals surface area (Å²) in [6, 6.07) is 12.0. The molecule has 0 atom stereocenters. The molecule has 6 nitrogen and oxygen atoms in total. The molecule has 0 aliphatic heterocycles. The van der Waals surface area contributed by atoms with Crippen LogP contribution in [0.5, 0.6) is 0 Å². The first-order valence-corrected chi connectivity index (χ1v) is 10.4. The van der Waals surface area contributed by atoms with Crippen LogP contribution in [-0.2, 0) is 21.1 Å². The number of aliphatic carboxylic acids is 1. The van der Waals surface area contributed by atoms with E-state index in [1.54, 1.807) is 24.3 Å². The van der Waals surface area contributed by atoms with Gasteiger partial charge in [0.25, 0.3) is 0 Å². The van der Waals surface area contributed by atoms with Crippen molar-refractivity contribution in [2.24, 2.45) is 0 Å². The molecule has 0 bridgehead atoms. The maximum absolute atomic E-state index is 13.3. The van der Waals surface area contributed by atoms with Gasteiger partial charge in [-0.3, -0.25) is 4.79 Å². The summed E-state index contributed by atoms with van der Waals surface area (Å²) in [5.74, 6) is -0.505. The summed E-state index contributed by atoms with van der Waals surface area (Å²) < 4.78 is 42.4. The van der Waals surface area contributed by atoms with Crippen molar-refractivity contribution in [3.63, 3.8) is 0 Å². The second kappa shape index (κ2) is 7.93. The number of nitrogens with zero attached hydrogens (tertiary/aromatic N) is 1. The molecule has 2 aromatic carbocycles. The summed E-state index contributed by atoms with van der Waals surface area (Å²) in [5, 5.41) is 8.79. The Morgan fingerprint density at radius 1 is 1.07 bits per heavy atom. The lowest BCUT2D eigenvalue weighted by Gasteiger charge is -2.03. The van der Waals surface area contributed by atoms with Crippen molar-refractivity contribution in [2.45, 2.75) is 24.2 Å². The molecule has 28 heavy (non-hydrogen) atoms. The van der Waals surface area contributed by atoms with E-state index in [0.717, 1.165) is 6.26 Å². The van der Waals surface area contributed by atoms with Crippen LogP contribution in [0.1, 0.15) is 18.7 Å². The van der Waals surface area contributed by atoms with E-state index in [1.165, 1.54) is 24.3 Å². The second-order valence-electron chi connectivity index (χ2n) is 6.34. The van der Waals surface area contributed by atoms with Crippen LogP contribution in [0.25, 0.3) is 22.6 Å². The van der Waals surface area contributed by atoms with E-state index in [0.29, 0.717) is 41.3 Å². The van der Waals surface area contributed by atoms with E-state index < -0.39 is 15.8 Å². The molecule has 0 spiro atoms. The lowest BCUT2D eigenvalue weighted by Crippen LogP contribution is -1.96. The van der Waals surface area contributed by atoms with E-state index in [9.17, 15) is 17.6 Å². The average Bonchev–Trinajstić information content (AvgIpc) is 3.05. The van der Waals surface area contributed by atoms with Crippen molar-refractivity contribution in [2.75, 3.05) is 6.26 Å². The first kappa shape index (κ1) is 19.8. The van der Waals surface area contributed by atoms with Gasteiger partial charge in [-0.1, -0.05) is 0 Å². The number of rotatable bonds is 7. The molecule has 1 N–H and O–H groups in total. The van der Waals surface area contributed by atoms with Gasteiger partial charge in [0.2, 0.25) is 0 Å². The maximum Gasteiger partial charge on any atom is 0.303 e. The topological polar surface area (TPSA) is 97.5 Å². The Kier molecular flexibility index (Phi) is 5.60. The molecule has 8 heteroatoms. The van der Waals surface area contributed by atoms with E-state index in [4.69, 9.17) is 9.52 Å². The monoisotopic (exact) mass is 403 g/mol. The van der Waals surface area contributed by atoms with Crippen LogP contribution in [0, 0.1) is 5.82 Å². The van der Waals surface area contributed by atoms with Crippen LogP contribution in [0.3, 0.4) is 0 Å². The highest BCUT2D eigenvalue weighted by Gasteiger charge is 2.18. The van der Waals surface area contributed by atoms with Crippen LogP contribution in [0.2, 0.25) is 0 Å². The van der Waals surface area contributed by atoms with Crippen molar-refractivity contribution < 1.29 is 27.1 Å². The Morgan fingerprint density at radius 2 is 1.68 bits per heavy atom. The number of carboxylic acids is 1. The number of hydrogen-bond donors (Lipinski definition) is 1. The first-order valence-electron chi connectivity index (χ1n) is 8.52. The van der Waals surface area contributed by atoms with Crippen molar-refractivity contribution in [3.8, 4) is 22.6 Å². The summed E-state index contributed by atoms with van der Waals surface area (Å²) in [5.41, 5.74) is 1.73. The normalized spacial score (nSPS) is 11.5. The van der Waals surface area contributed by atoms with Crippen LogP contribution in [0.15, 0.2) is 57.8 Å². The van der Waals surface area contributed by atoms with E-state index in [1.807, 2.05) is 0 Å². The Bertz CT molecular complexity index is 1090. The fourth-order valence-electron chi connectivity index (χ4n) is 2.71. The van der Waals surface area contributed by atoms with Gasteiger partial charge in [-0.25, -0.2) is 17.8 Å². The molecule has 0 saturated heterocycles. The van der Waals surface area contributed by atoms with Crippen molar-refractivity contribution in [1.82, 2.24) is 4.98 Å². The maximum atomic E-state index is 13.3. The number of aryl methyl sites for hydroxylation is 1. The minimum atomic E-state index is -3.33. The number of sulfone groups is 1. The van der Waals surface area contributed by atoms with E-state index in [-0.39, 0.29) is 17.1 Å². The Morgan fingerprint density at radius 3 is 2.25 bits per heavy atom. The number of halogens is 1. The summed E-state index contributed by atoms with van der Waals surface area (Å²) in [4.78, 5) is 15.3. The predicted octanol–water partition coefficient (Wildman–Crippen LogP) is 3.96. The highest BCUT2D eigenvalue weighted by Crippen LogP contribution is 2.33. The number of aromatic nitrogens is 1. The molecule has 0 amide bonds. The minimum absolute atomic E-state index is 0.00729. The number of carbonyl (C=O) groups is 1. The van der Waals surface area contributed by atoms with Gasteiger partial charge in [-0.2, -0.15) is 0 Å². The fourth-order valence-corrected chi connectivity index (χ4v) is 3.35. The largest absolute Gasteiger partial charge is 0.481 e. The molecule has 0 radical (unpaired) electrons. The Balaban J connectivity index is 2.01. The van der Waals surface area contributed by atoms with Crippen LogP contribution < -0.4 is 0 Å². The lowest BCUT2D eigenvalue weighted by atomic mass is 10.1. The minimum Gasteiger partial charge on any atom is -0.481 e. The molecule has 3 rings (SSSR count). The SMILES string of the molecule is CS(=O)(=O)c1ccc(-c2oc(CCCC(=O)O)nc2-c2ccc(F)cc2)cc1. The zero-order valence-corrected chi connectivity index (χ0v) is 15.9. The summed E-state index contributed by atoms with van der Waals surface area (Å²) in [7, 11) is -3.33. The average molecular weight is 403 g/mol. The summed E-state index contributed by atoms with van der Waals surface area (Å²) in [6.45, 7) is 0. The van der Waals surface area contributed by atoms with Gasteiger partial charge in [-0.05, 0) is 55.0 Å². The third-order valence-electron chi connectivity index (χ3n) is 4.12. The second-order valence-corrected chi connectivity index (χ2v) is 8.35. The molecule has 1 aromatic heterocycles. The standard InChI is InChI=1S/C20H18FNO5S/c1-28(25,26)16-11-7-14(8-12-16)20-19(13-5-9-15(21)10-6-13)22-17(27-20)3-2-4-18(23)24/h5-12H,2-4H2,1H3,(H,23,24). The predicted molar refractivity (Wildman–Crippen MR) is 101 cm³/mol. The molecular weight excluding hydrogens is 385 g/mol. The molecule has 3 aromatic rings. The third kappa shape index (κ3) is 4.64. The zero-order valence-electron chi connectivity index (χ0n) is 15.1. The van der Waals surface area contributed by atoms with Gasteiger partial charge in [-0.15, -0.1) is 0 Å². The Hall–Kier alpha value is -3.00. The quantitative estimate of drug-likeness (QED) is 0.641. The number of carboxylic acid groups (broad SMARTS) is 1. The summed E-state index contributed by atoms with van der Waals surface area (Å²) in [6.07, 6.45) is 1.82. The third-order valence-corrected chi connectivity index (χ3v) is 5.24. The van der Waals surface area contributed by atoms with Gasteiger partial charge >= 0.3 is 5.97 Å². The van der Waals surface area contributed by atoms with Crippen molar-refractivity contribution in [3.05, 3.63) is 60.2 Å². The van der Waals surface area contributed by atoms with E-state index >= 15 is 0 Å². The van der Waals surface area contributed by atoms with Crippen LogP contribution >= 0.6 is 0 Å². The molecule has 1 heterocycles. The smallest absolute Gasteiger partial charge is 0.303 e. The molecule has 0 saturated carbocycles. The zero-order chi connectivity index (χ0) is 20.3. The Labute approximate surface area is 161 Å². The van der Waals surface area contributed by atoms with Crippen LogP contribution in [0.4, 0.5) is 4.39 Å². The van der Waals surface area contributed by atoms with Gasteiger partial charge in [0.15, 0.2) is 21.5 Å². The van der Waals surface area contributed by atoms with Gasteiger partial charge in [0.05, 0.1) is 4.90 Å². The molecule has 0 unspecified atom stereocenters. The lowest BCUT2D eigenvalue weighted by molar-refractivity contribution is -0.137. The fraction of sp³-hybridized carbons (Fsp3) is 0.200. The molecule has 146 valence electrons. The number of benzene rings is 2.